The number of esters is 1. The van der Waals surface area contributed by atoms with Gasteiger partial charge in [-0.3, -0.25) is 0 Å². The standard InChI is InChI=1S/C14H22O4Si/c1-16-14(15)12-7-5-6-8-13(12)18-11-17-9-10-19(2,3)4/h5-8H,9-11H2,1-4H3. The van der Waals surface area contributed by atoms with Gasteiger partial charge in [0.25, 0.3) is 0 Å². The van der Waals surface area contributed by atoms with Crippen LogP contribution in [0.2, 0.25) is 25.7 Å². The SMILES string of the molecule is COC(=O)c1ccccc1OCOCC[Si](C)(C)C. The zero-order chi connectivity index (χ0) is 14.3. The Morgan fingerprint density at radius 3 is 2.53 bits per heavy atom. The summed E-state index contributed by atoms with van der Waals surface area (Å²) in [5.74, 6) is 0.0834. The van der Waals surface area contributed by atoms with Gasteiger partial charge >= 0.3 is 5.97 Å². The molecule has 0 radical (unpaired) electrons. The third-order valence-electron chi connectivity index (χ3n) is 2.59. The van der Waals surface area contributed by atoms with Crippen molar-refractivity contribution in [3.05, 3.63) is 29.8 Å². The van der Waals surface area contributed by atoms with E-state index >= 15 is 0 Å². The Labute approximate surface area is 115 Å². The maximum absolute atomic E-state index is 11.5. The summed E-state index contributed by atoms with van der Waals surface area (Å²) in [5, 5.41) is 0. The first-order chi connectivity index (χ1) is 8.94. The van der Waals surface area contributed by atoms with E-state index in [4.69, 9.17) is 14.2 Å². The highest BCUT2D eigenvalue weighted by Gasteiger charge is 2.13. The van der Waals surface area contributed by atoms with Crippen LogP contribution < -0.4 is 4.74 Å². The fraction of sp³-hybridized carbons (Fsp3) is 0.500. The van der Waals surface area contributed by atoms with Crippen LogP contribution in [0, 0.1) is 0 Å². The van der Waals surface area contributed by atoms with E-state index in [0.29, 0.717) is 17.9 Å². The molecule has 0 fully saturated rings. The smallest absolute Gasteiger partial charge is 0.341 e. The normalized spacial score (nSPS) is 11.2. The topological polar surface area (TPSA) is 44.8 Å². The minimum atomic E-state index is -1.08. The van der Waals surface area contributed by atoms with Gasteiger partial charge in [-0.25, -0.2) is 4.79 Å². The van der Waals surface area contributed by atoms with Crippen molar-refractivity contribution in [1.29, 1.82) is 0 Å². The van der Waals surface area contributed by atoms with Crippen molar-refractivity contribution < 1.29 is 19.0 Å². The molecule has 0 unspecified atom stereocenters. The van der Waals surface area contributed by atoms with E-state index in [-0.39, 0.29) is 6.79 Å². The van der Waals surface area contributed by atoms with Gasteiger partial charge in [-0.05, 0) is 18.2 Å². The van der Waals surface area contributed by atoms with Crippen molar-refractivity contribution in [3.63, 3.8) is 0 Å². The number of ether oxygens (including phenoxy) is 3. The van der Waals surface area contributed by atoms with Gasteiger partial charge in [0.1, 0.15) is 11.3 Å². The summed E-state index contributed by atoms with van der Waals surface area (Å²) >= 11 is 0. The predicted octanol–water partition coefficient (Wildman–Crippen LogP) is 3.16. The van der Waals surface area contributed by atoms with Crippen molar-refractivity contribution in [2.24, 2.45) is 0 Å². The van der Waals surface area contributed by atoms with Gasteiger partial charge in [-0.2, -0.15) is 0 Å². The Morgan fingerprint density at radius 2 is 1.89 bits per heavy atom. The van der Waals surface area contributed by atoms with E-state index < -0.39 is 14.0 Å². The first kappa shape index (κ1) is 15.7. The van der Waals surface area contributed by atoms with Gasteiger partial charge in [-0.1, -0.05) is 31.8 Å². The predicted molar refractivity (Wildman–Crippen MR) is 77.4 cm³/mol. The summed E-state index contributed by atoms with van der Waals surface area (Å²) in [4.78, 5) is 11.5. The van der Waals surface area contributed by atoms with E-state index in [1.165, 1.54) is 7.11 Å². The third kappa shape index (κ3) is 5.89. The van der Waals surface area contributed by atoms with Crippen molar-refractivity contribution in [1.82, 2.24) is 0 Å². The molecule has 0 aliphatic rings. The Kier molecular flexibility index (Phi) is 6.04. The molecular formula is C14H22O4Si. The number of hydrogen-bond acceptors (Lipinski definition) is 4. The van der Waals surface area contributed by atoms with Crippen LogP contribution in [-0.2, 0) is 9.47 Å². The molecule has 4 nitrogen and oxygen atoms in total. The van der Waals surface area contributed by atoms with Crippen LogP contribution in [0.3, 0.4) is 0 Å². The molecule has 1 rings (SSSR count). The van der Waals surface area contributed by atoms with Crippen molar-refractivity contribution >= 4 is 14.0 Å². The molecule has 0 aromatic heterocycles. The van der Waals surface area contributed by atoms with Crippen molar-refractivity contribution in [2.45, 2.75) is 25.7 Å². The average Bonchev–Trinajstić information content (AvgIpc) is 2.36. The molecule has 0 N–H and O–H groups in total. The second-order valence-electron chi connectivity index (χ2n) is 5.47. The van der Waals surface area contributed by atoms with Crippen LogP contribution in [0.4, 0.5) is 0 Å². The number of methoxy groups -OCH3 is 1. The minimum absolute atomic E-state index is 0.151. The third-order valence-corrected chi connectivity index (χ3v) is 4.29. The van der Waals surface area contributed by atoms with E-state index in [2.05, 4.69) is 19.6 Å². The van der Waals surface area contributed by atoms with E-state index in [0.717, 1.165) is 6.04 Å². The van der Waals surface area contributed by atoms with Gasteiger partial charge in [-0.15, -0.1) is 0 Å². The van der Waals surface area contributed by atoms with Gasteiger partial charge < -0.3 is 14.2 Å². The number of carbonyl (C=O) groups excluding carboxylic acids is 1. The highest BCUT2D eigenvalue weighted by atomic mass is 28.3. The summed E-state index contributed by atoms with van der Waals surface area (Å²) in [6.07, 6.45) is 0. The molecule has 0 aliphatic heterocycles. The van der Waals surface area contributed by atoms with Gasteiger partial charge in [0.05, 0.1) is 7.11 Å². The molecule has 5 heteroatoms. The lowest BCUT2D eigenvalue weighted by Crippen LogP contribution is -2.22. The number of rotatable bonds is 7. The molecule has 19 heavy (non-hydrogen) atoms. The molecule has 0 atom stereocenters. The highest BCUT2D eigenvalue weighted by Crippen LogP contribution is 2.18. The zero-order valence-corrected chi connectivity index (χ0v) is 13.1. The monoisotopic (exact) mass is 282 g/mol. The van der Waals surface area contributed by atoms with Crippen LogP contribution in [0.25, 0.3) is 0 Å². The number of benzene rings is 1. The van der Waals surface area contributed by atoms with Crippen LogP contribution in [0.1, 0.15) is 10.4 Å². The average molecular weight is 282 g/mol. The van der Waals surface area contributed by atoms with Gasteiger partial charge in [0.15, 0.2) is 6.79 Å². The van der Waals surface area contributed by atoms with E-state index in [9.17, 15) is 4.79 Å². The van der Waals surface area contributed by atoms with E-state index in [1.807, 2.05) is 6.07 Å². The Morgan fingerprint density at radius 1 is 1.21 bits per heavy atom. The molecular weight excluding hydrogens is 260 g/mol. The molecule has 0 heterocycles. The number of hydrogen-bond donors (Lipinski definition) is 0. The van der Waals surface area contributed by atoms with Crippen LogP contribution >= 0.6 is 0 Å². The summed E-state index contributed by atoms with van der Waals surface area (Å²) in [5.41, 5.74) is 0.416. The van der Waals surface area contributed by atoms with Gasteiger partial charge in [0, 0.05) is 14.7 Å². The summed E-state index contributed by atoms with van der Waals surface area (Å²) in [6.45, 7) is 7.73. The lowest BCUT2D eigenvalue weighted by molar-refractivity contribution is 0.0207. The second kappa shape index (κ2) is 7.30. The summed E-state index contributed by atoms with van der Waals surface area (Å²) in [7, 11) is 0.275. The van der Waals surface area contributed by atoms with Crippen LogP contribution in [0.5, 0.6) is 5.75 Å². The number of carbonyl (C=O) groups is 1. The van der Waals surface area contributed by atoms with E-state index in [1.54, 1.807) is 18.2 Å². The molecule has 0 aliphatic carbocycles. The fourth-order valence-electron chi connectivity index (χ4n) is 1.41. The molecule has 0 amide bonds. The first-order valence-electron chi connectivity index (χ1n) is 6.32. The lowest BCUT2D eigenvalue weighted by atomic mass is 10.2. The number of para-hydroxylation sites is 1. The molecule has 0 bridgehead atoms. The summed E-state index contributed by atoms with van der Waals surface area (Å²) in [6, 6.07) is 8.07. The fourth-order valence-corrected chi connectivity index (χ4v) is 2.17. The first-order valence-corrected chi connectivity index (χ1v) is 10.0. The quantitative estimate of drug-likeness (QED) is 0.333. The molecule has 1 aromatic carbocycles. The Hall–Kier alpha value is -1.33. The second-order valence-corrected chi connectivity index (χ2v) is 11.1. The lowest BCUT2D eigenvalue weighted by Gasteiger charge is -2.16. The molecule has 0 saturated heterocycles. The molecule has 0 spiro atoms. The Bertz CT molecular complexity index is 412. The van der Waals surface area contributed by atoms with Crippen LogP contribution in [0.15, 0.2) is 24.3 Å². The molecule has 0 saturated carbocycles. The maximum atomic E-state index is 11.5. The Balaban J connectivity index is 2.43. The van der Waals surface area contributed by atoms with Crippen molar-refractivity contribution in [2.75, 3.05) is 20.5 Å². The van der Waals surface area contributed by atoms with Gasteiger partial charge in [0.2, 0.25) is 0 Å². The zero-order valence-electron chi connectivity index (χ0n) is 12.1. The summed E-state index contributed by atoms with van der Waals surface area (Å²) < 4.78 is 15.6. The van der Waals surface area contributed by atoms with Crippen molar-refractivity contribution in [3.8, 4) is 5.75 Å². The largest absolute Gasteiger partial charge is 0.467 e. The van der Waals surface area contributed by atoms with Crippen LogP contribution in [-0.4, -0.2) is 34.6 Å². The highest BCUT2D eigenvalue weighted by molar-refractivity contribution is 6.76. The minimum Gasteiger partial charge on any atom is -0.467 e. The molecule has 106 valence electrons. The maximum Gasteiger partial charge on any atom is 0.341 e. The molecule has 1 aromatic rings.